The van der Waals surface area contributed by atoms with Gasteiger partial charge in [0.25, 0.3) is 0 Å². The van der Waals surface area contributed by atoms with Crippen LogP contribution in [0.15, 0.2) is 30.6 Å². The second-order valence-electron chi connectivity index (χ2n) is 7.20. The van der Waals surface area contributed by atoms with Gasteiger partial charge in [-0.05, 0) is 23.8 Å². The molecule has 6 nitrogen and oxygen atoms in total. The van der Waals surface area contributed by atoms with Crippen molar-refractivity contribution in [3.05, 3.63) is 41.2 Å². The summed E-state index contributed by atoms with van der Waals surface area (Å²) in [5.41, 5.74) is 2.93. The van der Waals surface area contributed by atoms with Crippen LogP contribution in [0.5, 0.6) is 0 Å². The minimum Gasteiger partial charge on any atom is -0.326 e. The molecule has 7 heteroatoms. The number of nitrogens with zero attached hydrogens (tertiary/aromatic N) is 3. The van der Waals surface area contributed by atoms with Crippen LogP contribution in [0.3, 0.4) is 0 Å². The predicted octanol–water partition coefficient (Wildman–Crippen LogP) is 3.09. The summed E-state index contributed by atoms with van der Waals surface area (Å²) >= 11 is 1.69. The van der Waals surface area contributed by atoms with Crippen LogP contribution in [0.1, 0.15) is 36.3 Å². The summed E-state index contributed by atoms with van der Waals surface area (Å²) in [4.78, 5) is 17.5. The summed E-state index contributed by atoms with van der Waals surface area (Å²) < 4.78 is 2.90. The number of aryl methyl sites for hydroxylation is 1. The van der Waals surface area contributed by atoms with Gasteiger partial charge in [0.2, 0.25) is 5.91 Å². The number of benzene rings is 1. The van der Waals surface area contributed by atoms with Crippen LogP contribution in [-0.2, 0) is 11.8 Å². The lowest BCUT2D eigenvalue weighted by Crippen LogP contribution is -2.28. The maximum absolute atomic E-state index is 12.9. The number of hydrogen-bond acceptors (Lipinski definition) is 5. The molecule has 1 fully saturated rings. The van der Waals surface area contributed by atoms with E-state index in [9.17, 15) is 4.79 Å². The maximum Gasteiger partial charge on any atom is 0.229 e. The zero-order chi connectivity index (χ0) is 18.3. The Kier molecular flexibility index (Phi) is 4.50. The van der Waals surface area contributed by atoms with Crippen LogP contribution in [0, 0.1) is 5.92 Å². The third-order valence-corrected chi connectivity index (χ3v) is 6.19. The molecular formula is C19H23N5OS. The van der Waals surface area contributed by atoms with Gasteiger partial charge in [0, 0.05) is 43.9 Å². The number of hydrogen-bond donors (Lipinski definition) is 2. The first kappa shape index (κ1) is 17.2. The van der Waals surface area contributed by atoms with Crippen LogP contribution < -0.4 is 10.6 Å². The van der Waals surface area contributed by atoms with Gasteiger partial charge in [-0.25, -0.2) is 4.98 Å². The number of carbonyl (C=O) groups excluding carboxylic acids is 1. The van der Waals surface area contributed by atoms with E-state index in [1.807, 2.05) is 37.6 Å². The molecule has 1 aromatic carbocycles. The zero-order valence-electron chi connectivity index (χ0n) is 15.2. The smallest absolute Gasteiger partial charge is 0.229 e. The number of carbonyl (C=O) groups is 1. The number of thiazole rings is 1. The molecule has 0 spiro atoms. The van der Waals surface area contributed by atoms with Crippen molar-refractivity contribution in [3.8, 4) is 0 Å². The number of aromatic nitrogens is 3. The Balaban J connectivity index is 1.52. The van der Waals surface area contributed by atoms with Crippen molar-refractivity contribution in [2.24, 2.45) is 13.0 Å². The number of fused-ring (bicyclic) bond motifs is 1. The summed E-state index contributed by atoms with van der Waals surface area (Å²) in [5, 5.41) is 11.8. The molecule has 1 aliphatic heterocycles. The monoisotopic (exact) mass is 369 g/mol. The molecule has 0 unspecified atom stereocenters. The number of rotatable bonds is 4. The normalized spacial score (nSPS) is 20.2. The number of nitrogens with one attached hydrogen (secondary N) is 2. The molecule has 136 valence electrons. The van der Waals surface area contributed by atoms with Crippen molar-refractivity contribution in [1.29, 1.82) is 0 Å². The van der Waals surface area contributed by atoms with E-state index < -0.39 is 0 Å². The van der Waals surface area contributed by atoms with E-state index >= 15 is 0 Å². The third kappa shape index (κ3) is 3.24. The average Bonchev–Trinajstić information content (AvgIpc) is 3.32. The van der Waals surface area contributed by atoms with Crippen molar-refractivity contribution in [2.75, 3.05) is 18.4 Å². The fourth-order valence-corrected chi connectivity index (χ4v) is 4.45. The Labute approximate surface area is 156 Å². The van der Waals surface area contributed by atoms with Gasteiger partial charge in [0.1, 0.15) is 0 Å². The van der Waals surface area contributed by atoms with E-state index in [1.165, 1.54) is 0 Å². The quantitative estimate of drug-likeness (QED) is 0.741. The van der Waals surface area contributed by atoms with Gasteiger partial charge in [-0.15, -0.1) is 11.3 Å². The van der Waals surface area contributed by atoms with Crippen LogP contribution in [0.2, 0.25) is 0 Å². The lowest BCUT2D eigenvalue weighted by molar-refractivity contribution is -0.119. The highest BCUT2D eigenvalue weighted by Crippen LogP contribution is 2.31. The van der Waals surface area contributed by atoms with Crippen LogP contribution in [0.25, 0.3) is 10.2 Å². The van der Waals surface area contributed by atoms with Crippen LogP contribution in [0.4, 0.5) is 5.69 Å². The zero-order valence-corrected chi connectivity index (χ0v) is 16.0. The molecule has 2 aromatic heterocycles. The predicted molar refractivity (Wildman–Crippen MR) is 105 cm³/mol. The van der Waals surface area contributed by atoms with Gasteiger partial charge in [0.15, 0.2) is 0 Å². The Morgan fingerprint density at radius 2 is 2.23 bits per heavy atom. The Bertz CT molecular complexity index is 944. The highest BCUT2D eigenvalue weighted by molar-refractivity contribution is 7.18. The number of amides is 1. The number of anilines is 1. The molecule has 0 aliphatic carbocycles. The molecule has 4 rings (SSSR count). The van der Waals surface area contributed by atoms with Gasteiger partial charge in [-0.1, -0.05) is 13.8 Å². The SMILES string of the molecule is CC(C)c1nc2ccc(NC(=O)[C@H]3CNC[C@@H]3c3cnn(C)c3)cc2s1. The van der Waals surface area contributed by atoms with E-state index in [4.69, 9.17) is 0 Å². The van der Waals surface area contributed by atoms with Gasteiger partial charge in [-0.2, -0.15) is 5.10 Å². The standard InChI is InChI=1S/C19H23N5OS/c1-11(2)19-23-16-5-4-13(6-17(16)26-19)22-18(25)15-9-20-8-14(15)12-7-21-24(3)10-12/h4-7,10-11,14-15,20H,8-9H2,1-3H3,(H,22,25)/t14-,15+/m1/s1. The molecule has 1 amide bonds. The van der Waals surface area contributed by atoms with Gasteiger partial charge in [-0.3, -0.25) is 9.48 Å². The Hall–Kier alpha value is -2.25. The molecule has 1 saturated heterocycles. The van der Waals surface area contributed by atoms with Crippen molar-refractivity contribution in [1.82, 2.24) is 20.1 Å². The average molecular weight is 369 g/mol. The topological polar surface area (TPSA) is 71.8 Å². The molecule has 2 N–H and O–H groups in total. The molecule has 0 radical (unpaired) electrons. The van der Waals surface area contributed by atoms with E-state index in [1.54, 1.807) is 16.0 Å². The first-order chi connectivity index (χ1) is 12.5. The largest absolute Gasteiger partial charge is 0.326 e. The first-order valence-electron chi connectivity index (χ1n) is 8.92. The van der Waals surface area contributed by atoms with E-state index in [0.29, 0.717) is 12.5 Å². The van der Waals surface area contributed by atoms with E-state index in [2.05, 4.69) is 34.6 Å². The summed E-state index contributed by atoms with van der Waals surface area (Å²) in [6, 6.07) is 5.95. The molecular weight excluding hydrogens is 346 g/mol. The molecule has 1 aliphatic rings. The fourth-order valence-electron chi connectivity index (χ4n) is 3.44. The van der Waals surface area contributed by atoms with Crippen molar-refractivity contribution >= 4 is 33.1 Å². The van der Waals surface area contributed by atoms with Crippen molar-refractivity contribution in [3.63, 3.8) is 0 Å². The third-order valence-electron chi connectivity index (χ3n) is 4.87. The van der Waals surface area contributed by atoms with Gasteiger partial charge >= 0.3 is 0 Å². The summed E-state index contributed by atoms with van der Waals surface area (Å²) in [7, 11) is 1.90. The minimum atomic E-state index is -0.0948. The fraction of sp³-hybridized carbons (Fsp3) is 0.421. The highest BCUT2D eigenvalue weighted by Gasteiger charge is 2.34. The molecule has 2 atom stereocenters. The second-order valence-corrected chi connectivity index (χ2v) is 8.26. The second kappa shape index (κ2) is 6.81. The van der Waals surface area contributed by atoms with E-state index in [0.717, 1.165) is 33.0 Å². The maximum atomic E-state index is 12.9. The summed E-state index contributed by atoms with van der Waals surface area (Å²) in [6.07, 6.45) is 3.85. The molecule has 26 heavy (non-hydrogen) atoms. The lowest BCUT2D eigenvalue weighted by atomic mass is 9.90. The lowest BCUT2D eigenvalue weighted by Gasteiger charge is -2.17. The highest BCUT2D eigenvalue weighted by atomic mass is 32.1. The Morgan fingerprint density at radius 3 is 2.96 bits per heavy atom. The molecule has 3 aromatic rings. The molecule has 0 saturated carbocycles. The molecule has 0 bridgehead atoms. The minimum absolute atomic E-state index is 0.0526. The van der Waals surface area contributed by atoms with Crippen molar-refractivity contribution in [2.45, 2.75) is 25.7 Å². The summed E-state index contributed by atoms with van der Waals surface area (Å²) in [5.74, 6) is 0.526. The Morgan fingerprint density at radius 1 is 1.38 bits per heavy atom. The van der Waals surface area contributed by atoms with Crippen LogP contribution in [-0.4, -0.2) is 33.8 Å². The van der Waals surface area contributed by atoms with Gasteiger partial charge in [0.05, 0.1) is 27.3 Å². The summed E-state index contributed by atoms with van der Waals surface area (Å²) in [6.45, 7) is 5.78. The van der Waals surface area contributed by atoms with E-state index in [-0.39, 0.29) is 17.7 Å². The molecule has 3 heterocycles. The van der Waals surface area contributed by atoms with Gasteiger partial charge < -0.3 is 10.6 Å². The van der Waals surface area contributed by atoms with Crippen molar-refractivity contribution < 1.29 is 4.79 Å². The first-order valence-corrected chi connectivity index (χ1v) is 9.73. The van der Waals surface area contributed by atoms with Crippen LogP contribution >= 0.6 is 11.3 Å².